The maximum Gasteiger partial charge on any atom is 0.407 e. The van der Waals surface area contributed by atoms with Crippen molar-refractivity contribution in [2.24, 2.45) is 5.92 Å². The van der Waals surface area contributed by atoms with Crippen molar-refractivity contribution in [2.75, 3.05) is 13.1 Å². The molecule has 0 aliphatic carbocycles. The normalized spacial score (nSPS) is 22.2. The Kier molecular flexibility index (Phi) is 3.64. The highest BCUT2D eigenvalue weighted by Crippen LogP contribution is 2.29. The fourth-order valence-corrected chi connectivity index (χ4v) is 2.36. The Hall–Kier alpha value is -1.55. The summed E-state index contributed by atoms with van der Waals surface area (Å²) in [5.41, 5.74) is 0.865. The summed E-state index contributed by atoms with van der Waals surface area (Å²) < 4.78 is 0. The summed E-state index contributed by atoms with van der Waals surface area (Å²) >= 11 is 0. The minimum Gasteiger partial charge on any atom is -0.465 e. The smallest absolute Gasteiger partial charge is 0.407 e. The molecule has 1 fully saturated rings. The number of rotatable bonds is 2. The van der Waals surface area contributed by atoms with E-state index in [1.807, 2.05) is 30.3 Å². The molecular formula is C13H17NO3. The van der Waals surface area contributed by atoms with Crippen molar-refractivity contribution < 1.29 is 15.0 Å². The molecule has 0 aromatic heterocycles. The highest BCUT2D eigenvalue weighted by atomic mass is 16.4. The Labute approximate surface area is 100 Å². The molecule has 1 aromatic rings. The summed E-state index contributed by atoms with van der Waals surface area (Å²) in [6, 6.07) is 9.43. The Morgan fingerprint density at radius 1 is 1.35 bits per heavy atom. The maximum atomic E-state index is 10.9. The molecule has 92 valence electrons. The number of hydrogen-bond donors (Lipinski definition) is 2. The standard InChI is InChI=1S/C13H17NO3/c15-12(10-5-2-1-3-6-10)11-7-4-8-14(9-11)13(16)17/h1-3,5-6,11-12,15H,4,7-9H2,(H,16,17)/t11-,12+/m1/s1. The molecule has 0 bridgehead atoms. The molecule has 17 heavy (non-hydrogen) atoms. The van der Waals surface area contributed by atoms with Crippen LogP contribution < -0.4 is 0 Å². The largest absolute Gasteiger partial charge is 0.465 e. The molecule has 0 spiro atoms. The van der Waals surface area contributed by atoms with Gasteiger partial charge in [0.05, 0.1) is 6.10 Å². The number of carbonyl (C=O) groups is 1. The zero-order chi connectivity index (χ0) is 12.3. The van der Waals surface area contributed by atoms with Crippen LogP contribution in [-0.2, 0) is 0 Å². The summed E-state index contributed by atoms with van der Waals surface area (Å²) in [6.45, 7) is 0.999. The zero-order valence-electron chi connectivity index (χ0n) is 9.62. The first kappa shape index (κ1) is 11.9. The molecule has 1 heterocycles. The number of aliphatic hydroxyl groups is 1. The van der Waals surface area contributed by atoms with Gasteiger partial charge in [0.1, 0.15) is 0 Å². The van der Waals surface area contributed by atoms with Crippen LogP contribution in [0.25, 0.3) is 0 Å². The Morgan fingerprint density at radius 3 is 2.71 bits per heavy atom. The lowest BCUT2D eigenvalue weighted by molar-refractivity contribution is 0.0503. The van der Waals surface area contributed by atoms with Gasteiger partial charge in [0.15, 0.2) is 0 Å². The van der Waals surface area contributed by atoms with Gasteiger partial charge in [-0.25, -0.2) is 4.79 Å². The lowest BCUT2D eigenvalue weighted by Crippen LogP contribution is -2.40. The van der Waals surface area contributed by atoms with Crippen LogP contribution >= 0.6 is 0 Å². The monoisotopic (exact) mass is 235 g/mol. The minimum atomic E-state index is -0.894. The third-order valence-electron chi connectivity index (χ3n) is 3.32. The summed E-state index contributed by atoms with van der Waals surface area (Å²) in [6.07, 6.45) is 0.231. The van der Waals surface area contributed by atoms with Crippen molar-refractivity contribution in [3.05, 3.63) is 35.9 Å². The third-order valence-corrected chi connectivity index (χ3v) is 3.32. The van der Waals surface area contributed by atoms with Crippen LogP contribution in [0.1, 0.15) is 24.5 Å². The van der Waals surface area contributed by atoms with E-state index in [0.29, 0.717) is 13.1 Å². The molecule has 2 N–H and O–H groups in total. The maximum absolute atomic E-state index is 10.9. The van der Waals surface area contributed by atoms with E-state index in [1.165, 1.54) is 4.90 Å². The fraction of sp³-hybridized carbons (Fsp3) is 0.462. The fourth-order valence-electron chi connectivity index (χ4n) is 2.36. The van der Waals surface area contributed by atoms with Crippen LogP contribution in [0.15, 0.2) is 30.3 Å². The number of nitrogens with zero attached hydrogens (tertiary/aromatic N) is 1. The molecule has 4 heteroatoms. The molecule has 4 nitrogen and oxygen atoms in total. The molecule has 1 aliphatic heterocycles. The SMILES string of the molecule is O=C(O)N1CCC[C@@H]([C@@H](O)c2ccccc2)C1. The quantitative estimate of drug-likeness (QED) is 0.825. The first-order valence-corrected chi connectivity index (χ1v) is 5.89. The van der Waals surface area contributed by atoms with Gasteiger partial charge in [-0.15, -0.1) is 0 Å². The van der Waals surface area contributed by atoms with Crippen molar-refractivity contribution in [1.29, 1.82) is 0 Å². The molecular weight excluding hydrogens is 218 g/mol. The molecule has 1 saturated heterocycles. The first-order valence-electron chi connectivity index (χ1n) is 5.89. The minimum absolute atomic E-state index is 0.00208. The first-order chi connectivity index (χ1) is 8.18. The van der Waals surface area contributed by atoms with E-state index in [0.717, 1.165) is 18.4 Å². The van der Waals surface area contributed by atoms with Crippen molar-refractivity contribution >= 4 is 6.09 Å². The van der Waals surface area contributed by atoms with Gasteiger partial charge in [0, 0.05) is 19.0 Å². The van der Waals surface area contributed by atoms with Gasteiger partial charge in [0.2, 0.25) is 0 Å². The van der Waals surface area contributed by atoms with Crippen LogP contribution in [0.4, 0.5) is 4.79 Å². The zero-order valence-corrected chi connectivity index (χ0v) is 9.62. The Bertz CT molecular complexity index is 380. The number of hydrogen-bond acceptors (Lipinski definition) is 2. The van der Waals surface area contributed by atoms with Crippen LogP contribution in [0.5, 0.6) is 0 Å². The lowest BCUT2D eigenvalue weighted by Gasteiger charge is -2.33. The second-order valence-corrected chi connectivity index (χ2v) is 4.49. The predicted octanol–water partition coefficient (Wildman–Crippen LogP) is 2.11. The summed E-state index contributed by atoms with van der Waals surface area (Å²) in [7, 11) is 0. The van der Waals surface area contributed by atoms with E-state index in [1.54, 1.807) is 0 Å². The average Bonchev–Trinajstić information content (AvgIpc) is 2.39. The molecule has 0 saturated carbocycles. The molecule has 1 aromatic carbocycles. The molecule has 2 atom stereocenters. The number of likely N-dealkylation sites (tertiary alicyclic amines) is 1. The van der Waals surface area contributed by atoms with Crippen LogP contribution in [0, 0.1) is 5.92 Å². The molecule has 1 amide bonds. The Balaban J connectivity index is 2.05. The van der Waals surface area contributed by atoms with Gasteiger partial charge >= 0.3 is 6.09 Å². The van der Waals surface area contributed by atoms with E-state index in [2.05, 4.69) is 0 Å². The van der Waals surface area contributed by atoms with E-state index in [-0.39, 0.29) is 5.92 Å². The van der Waals surface area contributed by atoms with Crippen LogP contribution in [-0.4, -0.2) is 34.3 Å². The lowest BCUT2D eigenvalue weighted by atomic mass is 9.89. The molecule has 0 radical (unpaired) electrons. The third kappa shape index (κ3) is 2.77. The van der Waals surface area contributed by atoms with Gasteiger partial charge in [-0.05, 0) is 18.4 Å². The number of amides is 1. The van der Waals surface area contributed by atoms with Crippen molar-refractivity contribution in [3.63, 3.8) is 0 Å². The Morgan fingerprint density at radius 2 is 2.06 bits per heavy atom. The number of aliphatic hydroxyl groups excluding tert-OH is 1. The predicted molar refractivity (Wildman–Crippen MR) is 63.7 cm³/mol. The van der Waals surface area contributed by atoms with Crippen molar-refractivity contribution in [1.82, 2.24) is 4.90 Å². The van der Waals surface area contributed by atoms with E-state index in [4.69, 9.17) is 5.11 Å². The topological polar surface area (TPSA) is 60.8 Å². The van der Waals surface area contributed by atoms with Crippen molar-refractivity contribution in [3.8, 4) is 0 Å². The van der Waals surface area contributed by atoms with Gasteiger partial charge in [-0.3, -0.25) is 0 Å². The number of carboxylic acid groups (broad SMARTS) is 1. The molecule has 1 aliphatic rings. The average molecular weight is 235 g/mol. The van der Waals surface area contributed by atoms with Gasteiger partial charge in [0.25, 0.3) is 0 Å². The second-order valence-electron chi connectivity index (χ2n) is 4.49. The van der Waals surface area contributed by atoms with Crippen LogP contribution in [0.3, 0.4) is 0 Å². The van der Waals surface area contributed by atoms with Crippen LogP contribution in [0.2, 0.25) is 0 Å². The molecule has 0 unspecified atom stereocenters. The summed E-state index contributed by atoms with van der Waals surface area (Å²) in [5.74, 6) is 0.00208. The van der Waals surface area contributed by atoms with Gasteiger partial charge in [-0.2, -0.15) is 0 Å². The summed E-state index contributed by atoms with van der Waals surface area (Å²) in [4.78, 5) is 12.3. The number of benzene rings is 1. The van der Waals surface area contributed by atoms with Gasteiger partial charge in [-0.1, -0.05) is 30.3 Å². The second kappa shape index (κ2) is 5.19. The highest BCUT2D eigenvalue weighted by Gasteiger charge is 2.28. The molecule has 2 rings (SSSR count). The highest BCUT2D eigenvalue weighted by molar-refractivity contribution is 5.65. The van der Waals surface area contributed by atoms with E-state index in [9.17, 15) is 9.90 Å². The van der Waals surface area contributed by atoms with Crippen molar-refractivity contribution in [2.45, 2.75) is 18.9 Å². The van der Waals surface area contributed by atoms with Gasteiger partial charge < -0.3 is 15.1 Å². The van der Waals surface area contributed by atoms with E-state index >= 15 is 0 Å². The number of piperidine rings is 1. The summed E-state index contributed by atoms with van der Waals surface area (Å²) in [5, 5.41) is 19.2. The van der Waals surface area contributed by atoms with E-state index < -0.39 is 12.2 Å².